The van der Waals surface area contributed by atoms with Gasteiger partial charge in [0.15, 0.2) is 0 Å². The summed E-state index contributed by atoms with van der Waals surface area (Å²) in [5.74, 6) is -1.11. The molecule has 0 spiro atoms. The molecule has 1 heterocycles. The first-order valence-electron chi connectivity index (χ1n) is 7.03. The Hall–Kier alpha value is -2.11. The lowest BCUT2D eigenvalue weighted by Gasteiger charge is -2.19. The Morgan fingerprint density at radius 1 is 1.48 bits per heavy atom. The number of urea groups is 1. The van der Waals surface area contributed by atoms with Gasteiger partial charge in [-0.2, -0.15) is 0 Å². The van der Waals surface area contributed by atoms with Crippen LogP contribution in [0.1, 0.15) is 25.3 Å². The van der Waals surface area contributed by atoms with Crippen molar-refractivity contribution in [2.24, 2.45) is 5.92 Å². The molecule has 2 N–H and O–H groups in total. The number of aliphatic carboxylic acids is 1. The summed E-state index contributed by atoms with van der Waals surface area (Å²) in [5.41, 5.74) is 1.58. The van der Waals surface area contributed by atoms with Gasteiger partial charge in [-0.3, -0.25) is 9.69 Å². The zero-order valence-electron chi connectivity index (χ0n) is 11.9. The quantitative estimate of drug-likeness (QED) is 0.876. The van der Waals surface area contributed by atoms with Gasteiger partial charge in [-0.05, 0) is 36.5 Å². The second-order valence-electron chi connectivity index (χ2n) is 5.40. The van der Waals surface area contributed by atoms with E-state index in [4.69, 9.17) is 5.11 Å². The lowest BCUT2D eigenvalue weighted by Crippen LogP contribution is -2.40. The van der Waals surface area contributed by atoms with Gasteiger partial charge in [0, 0.05) is 19.5 Å². The number of nitrogens with one attached hydrogen (secondary N) is 1. The summed E-state index contributed by atoms with van der Waals surface area (Å²) in [4.78, 5) is 24.2. The van der Waals surface area contributed by atoms with E-state index >= 15 is 0 Å². The van der Waals surface area contributed by atoms with Crippen molar-refractivity contribution in [3.05, 3.63) is 29.6 Å². The maximum Gasteiger partial charge on any atom is 0.321 e. The van der Waals surface area contributed by atoms with E-state index in [2.05, 4.69) is 5.32 Å². The number of anilines is 1. The van der Waals surface area contributed by atoms with E-state index in [9.17, 15) is 14.0 Å². The largest absolute Gasteiger partial charge is 0.481 e. The van der Waals surface area contributed by atoms with Crippen molar-refractivity contribution >= 4 is 17.7 Å². The Bertz CT molecular complexity index is 548. The van der Waals surface area contributed by atoms with E-state index in [-0.39, 0.29) is 24.2 Å². The minimum atomic E-state index is -0.836. The normalized spacial score (nSPS) is 14.7. The van der Waals surface area contributed by atoms with Crippen molar-refractivity contribution in [3.8, 4) is 0 Å². The average Bonchev–Trinajstić information content (AvgIpc) is 2.85. The molecular formula is C15H19FN2O3. The van der Waals surface area contributed by atoms with Crippen LogP contribution in [0.5, 0.6) is 0 Å². The maximum absolute atomic E-state index is 13.3. The number of amides is 2. The van der Waals surface area contributed by atoms with Gasteiger partial charge >= 0.3 is 12.0 Å². The lowest BCUT2D eigenvalue weighted by molar-refractivity contribution is -0.137. The highest BCUT2D eigenvalue weighted by Crippen LogP contribution is 2.28. The molecule has 1 unspecified atom stereocenters. The lowest BCUT2D eigenvalue weighted by atomic mass is 10.1. The smallest absolute Gasteiger partial charge is 0.321 e. The number of benzene rings is 1. The van der Waals surface area contributed by atoms with Crippen LogP contribution in [-0.2, 0) is 11.2 Å². The fourth-order valence-electron chi connectivity index (χ4n) is 2.39. The van der Waals surface area contributed by atoms with Crippen LogP contribution in [0.25, 0.3) is 0 Å². The summed E-state index contributed by atoms with van der Waals surface area (Å²) < 4.78 is 13.3. The molecular weight excluding hydrogens is 275 g/mol. The van der Waals surface area contributed by atoms with Crippen LogP contribution >= 0.6 is 0 Å². The Kier molecular flexibility index (Phi) is 4.77. The number of hydrogen-bond donors (Lipinski definition) is 2. The fourth-order valence-corrected chi connectivity index (χ4v) is 2.39. The number of nitrogens with zero attached hydrogens (tertiary/aromatic N) is 1. The minimum Gasteiger partial charge on any atom is -0.481 e. The number of rotatable bonds is 5. The third kappa shape index (κ3) is 3.93. The molecule has 0 saturated carbocycles. The molecule has 0 saturated heterocycles. The Balaban J connectivity index is 1.88. The zero-order valence-corrected chi connectivity index (χ0v) is 11.9. The van der Waals surface area contributed by atoms with E-state index in [0.29, 0.717) is 25.2 Å². The van der Waals surface area contributed by atoms with Crippen molar-refractivity contribution in [3.63, 3.8) is 0 Å². The Labute approximate surface area is 122 Å². The summed E-state index contributed by atoms with van der Waals surface area (Å²) in [6.07, 6.45) is 1.33. The first-order valence-corrected chi connectivity index (χ1v) is 7.03. The second-order valence-corrected chi connectivity index (χ2v) is 5.40. The van der Waals surface area contributed by atoms with Crippen LogP contribution in [0.2, 0.25) is 0 Å². The highest BCUT2D eigenvalue weighted by Gasteiger charge is 2.25. The van der Waals surface area contributed by atoms with Gasteiger partial charge in [-0.15, -0.1) is 0 Å². The number of halogens is 1. The summed E-state index contributed by atoms with van der Waals surface area (Å²) >= 11 is 0. The molecule has 1 aliphatic heterocycles. The molecule has 1 aliphatic rings. The summed E-state index contributed by atoms with van der Waals surface area (Å²) in [5, 5.41) is 11.4. The van der Waals surface area contributed by atoms with Crippen molar-refractivity contribution in [2.45, 2.75) is 26.2 Å². The number of carbonyl (C=O) groups excluding carboxylic acids is 1. The highest BCUT2D eigenvalue weighted by molar-refractivity contribution is 5.94. The van der Waals surface area contributed by atoms with Crippen LogP contribution in [0.4, 0.5) is 14.9 Å². The van der Waals surface area contributed by atoms with E-state index in [1.165, 1.54) is 17.0 Å². The van der Waals surface area contributed by atoms with Crippen molar-refractivity contribution in [1.82, 2.24) is 5.32 Å². The first-order chi connectivity index (χ1) is 9.97. The highest BCUT2D eigenvalue weighted by atomic mass is 19.1. The van der Waals surface area contributed by atoms with E-state index in [1.807, 2.05) is 6.92 Å². The van der Waals surface area contributed by atoms with Crippen LogP contribution in [0.15, 0.2) is 18.2 Å². The molecule has 0 fully saturated rings. The standard InChI is InChI=1S/C15H19FN2O3/c1-10(2-5-14(19)20)9-17-15(21)18-7-6-11-3-4-12(16)8-13(11)18/h3-4,8,10H,2,5-7,9H2,1H3,(H,17,21)(H,19,20). The zero-order chi connectivity index (χ0) is 15.4. The van der Waals surface area contributed by atoms with Gasteiger partial charge in [-0.25, -0.2) is 9.18 Å². The minimum absolute atomic E-state index is 0.0830. The van der Waals surface area contributed by atoms with Gasteiger partial charge in [-0.1, -0.05) is 13.0 Å². The average molecular weight is 294 g/mol. The molecule has 0 aromatic heterocycles. The SMILES string of the molecule is CC(CCC(=O)O)CNC(=O)N1CCc2ccc(F)cc21. The number of carbonyl (C=O) groups is 2. The van der Waals surface area contributed by atoms with Crippen molar-refractivity contribution in [1.29, 1.82) is 0 Å². The monoisotopic (exact) mass is 294 g/mol. The van der Waals surface area contributed by atoms with Gasteiger partial charge in [0.05, 0.1) is 5.69 Å². The maximum atomic E-state index is 13.3. The molecule has 6 heteroatoms. The van der Waals surface area contributed by atoms with Gasteiger partial charge in [0.2, 0.25) is 0 Å². The van der Waals surface area contributed by atoms with Gasteiger partial charge in [0.25, 0.3) is 0 Å². The summed E-state index contributed by atoms with van der Waals surface area (Å²) in [6.45, 7) is 2.84. The molecule has 1 aromatic carbocycles. The van der Waals surface area contributed by atoms with E-state index < -0.39 is 5.97 Å². The molecule has 0 bridgehead atoms. The second kappa shape index (κ2) is 6.56. The third-order valence-electron chi connectivity index (χ3n) is 3.64. The molecule has 114 valence electrons. The number of hydrogen-bond acceptors (Lipinski definition) is 2. The van der Waals surface area contributed by atoms with E-state index in [0.717, 1.165) is 12.0 Å². The Morgan fingerprint density at radius 2 is 2.24 bits per heavy atom. The molecule has 5 nitrogen and oxygen atoms in total. The summed E-state index contributed by atoms with van der Waals surface area (Å²) in [6, 6.07) is 4.21. The van der Waals surface area contributed by atoms with Crippen LogP contribution in [0, 0.1) is 11.7 Å². The van der Waals surface area contributed by atoms with Crippen LogP contribution in [-0.4, -0.2) is 30.2 Å². The topological polar surface area (TPSA) is 69.6 Å². The third-order valence-corrected chi connectivity index (χ3v) is 3.64. The van der Waals surface area contributed by atoms with E-state index in [1.54, 1.807) is 6.07 Å². The molecule has 0 radical (unpaired) electrons. The van der Waals surface area contributed by atoms with Crippen molar-refractivity contribution in [2.75, 3.05) is 18.0 Å². The first kappa shape index (κ1) is 15.3. The Morgan fingerprint density at radius 3 is 2.95 bits per heavy atom. The predicted molar refractivity (Wildman–Crippen MR) is 76.9 cm³/mol. The van der Waals surface area contributed by atoms with Crippen LogP contribution < -0.4 is 10.2 Å². The molecule has 2 amide bonds. The fraction of sp³-hybridized carbons (Fsp3) is 0.467. The van der Waals surface area contributed by atoms with Gasteiger partial charge in [0.1, 0.15) is 5.82 Å². The molecule has 1 aromatic rings. The van der Waals surface area contributed by atoms with Gasteiger partial charge < -0.3 is 10.4 Å². The predicted octanol–water partition coefficient (Wildman–Crippen LogP) is 2.40. The molecule has 0 aliphatic carbocycles. The number of carboxylic acid groups (broad SMARTS) is 1. The molecule has 2 rings (SSSR count). The van der Waals surface area contributed by atoms with Crippen molar-refractivity contribution < 1.29 is 19.1 Å². The number of carboxylic acids is 1. The molecule has 1 atom stereocenters. The molecule has 21 heavy (non-hydrogen) atoms. The number of fused-ring (bicyclic) bond motifs is 1. The summed E-state index contributed by atoms with van der Waals surface area (Å²) in [7, 11) is 0. The van der Waals surface area contributed by atoms with Crippen LogP contribution in [0.3, 0.4) is 0 Å².